The SMILES string of the molecule is CCc1c(C(=O)N2CCN(C3CC4OC4C3)C(=O)C2)nn2c(C(F)(F)F)cc(C3CC3)cc12. The van der Waals surface area contributed by atoms with Crippen LogP contribution in [-0.2, 0) is 22.1 Å². The van der Waals surface area contributed by atoms with Gasteiger partial charge in [0.2, 0.25) is 5.91 Å². The molecule has 4 heterocycles. The lowest BCUT2D eigenvalue weighted by molar-refractivity contribution is -0.142. The third kappa shape index (κ3) is 3.50. The van der Waals surface area contributed by atoms with E-state index in [0.717, 1.165) is 36.3 Å². The molecule has 2 unspecified atom stereocenters. The number of aromatic nitrogens is 2. The zero-order valence-electron chi connectivity index (χ0n) is 18.3. The summed E-state index contributed by atoms with van der Waals surface area (Å²) < 4.78 is 47.8. The summed E-state index contributed by atoms with van der Waals surface area (Å²) in [4.78, 5) is 29.4. The van der Waals surface area contributed by atoms with E-state index in [2.05, 4.69) is 5.10 Å². The minimum atomic E-state index is -4.59. The van der Waals surface area contributed by atoms with Crippen LogP contribution in [0, 0.1) is 0 Å². The minimum Gasteiger partial charge on any atom is -0.369 e. The fourth-order valence-corrected chi connectivity index (χ4v) is 5.46. The number of rotatable bonds is 4. The Morgan fingerprint density at radius 3 is 2.52 bits per heavy atom. The van der Waals surface area contributed by atoms with Crippen molar-refractivity contribution >= 4 is 17.3 Å². The molecule has 4 fully saturated rings. The zero-order chi connectivity index (χ0) is 23.1. The molecular weight excluding hydrogens is 437 g/mol. The first-order valence-electron chi connectivity index (χ1n) is 11.6. The molecule has 2 aromatic rings. The maximum atomic E-state index is 13.8. The highest BCUT2D eigenvalue weighted by atomic mass is 19.4. The van der Waals surface area contributed by atoms with Crippen LogP contribution >= 0.6 is 0 Å². The van der Waals surface area contributed by atoms with E-state index >= 15 is 0 Å². The molecule has 7 nitrogen and oxygen atoms in total. The summed E-state index contributed by atoms with van der Waals surface area (Å²) in [7, 11) is 0. The van der Waals surface area contributed by atoms with Crippen molar-refractivity contribution in [3.63, 3.8) is 0 Å². The molecule has 0 spiro atoms. The van der Waals surface area contributed by atoms with Crippen molar-refractivity contribution in [1.29, 1.82) is 0 Å². The molecule has 0 radical (unpaired) electrons. The van der Waals surface area contributed by atoms with Gasteiger partial charge in [-0.05, 0) is 55.7 Å². The summed E-state index contributed by atoms with van der Waals surface area (Å²) in [6.45, 7) is 2.49. The Kier molecular flexibility index (Phi) is 4.56. The van der Waals surface area contributed by atoms with E-state index in [1.54, 1.807) is 13.0 Å². The molecule has 2 saturated heterocycles. The number of halogens is 3. The van der Waals surface area contributed by atoms with Gasteiger partial charge in [0.05, 0.1) is 17.7 Å². The third-order valence-electron chi connectivity index (χ3n) is 7.44. The van der Waals surface area contributed by atoms with Gasteiger partial charge >= 0.3 is 6.18 Å². The number of epoxide rings is 1. The number of amides is 2. The van der Waals surface area contributed by atoms with E-state index in [-0.39, 0.29) is 42.3 Å². The monoisotopic (exact) mass is 462 g/mol. The Morgan fingerprint density at radius 2 is 1.91 bits per heavy atom. The van der Waals surface area contributed by atoms with E-state index in [1.165, 1.54) is 4.90 Å². The van der Waals surface area contributed by atoms with Crippen molar-refractivity contribution in [3.8, 4) is 0 Å². The lowest BCUT2D eigenvalue weighted by atomic mass is 10.1. The fraction of sp³-hybridized carbons (Fsp3) is 0.609. The summed E-state index contributed by atoms with van der Waals surface area (Å²) in [5, 5.41) is 4.15. The summed E-state index contributed by atoms with van der Waals surface area (Å²) in [5.74, 6) is -0.482. The summed E-state index contributed by atoms with van der Waals surface area (Å²) in [6, 6.07) is 3.05. The molecule has 6 rings (SSSR count). The molecule has 0 N–H and O–H groups in total. The fourth-order valence-electron chi connectivity index (χ4n) is 5.46. The molecule has 2 amide bonds. The molecule has 2 atom stereocenters. The molecule has 2 aliphatic carbocycles. The molecule has 10 heteroatoms. The van der Waals surface area contributed by atoms with Gasteiger partial charge in [-0.2, -0.15) is 18.3 Å². The smallest absolute Gasteiger partial charge is 0.369 e. The molecule has 0 aromatic carbocycles. The van der Waals surface area contributed by atoms with Crippen LogP contribution in [0.15, 0.2) is 12.1 Å². The molecule has 2 aliphatic heterocycles. The quantitative estimate of drug-likeness (QED) is 0.655. The van der Waals surface area contributed by atoms with Crippen LogP contribution in [0.2, 0.25) is 0 Å². The highest BCUT2D eigenvalue weighted by Gasteiger charge is 2.51. The van der Waals surface area contributed by atoms with Crippen molar-refractivity contribution in [2.45, 2.75) is 69.4 Å². The van der Waals surface area contributed by atoms with Crippen molar-refractivity contribution < 1.29 is 27.5 Å². The second-order valence-electron chi connectivity index (χ2n) is 9.58. The maximum Gasteiger partial charge on any atom is 0.433 e. The second-order valence-corrected chi connectivity index (χ2v) is 9.58. The van der Waals surface area contributed by atoms with E-state index in [0.29, 0.717) is 36.2 Å². The number of carbonyl (C=O) groups is 2. The van der Waals surface area contributed by atoms with Gasteiger partial charge in [-0.15, -0.1) is 0 Å². The molecule has 0 bridgehead atoms. The molecular formula is C23H25F3N4O3. The first kappa shape index (κ1) is 20.9. The molecule has 176 valence electrons. The lowest BCUT2D eigenvalue weighted by Crippen LogP contribution is -2.55. The van der Waals surface area contributed by atoms with Gasteiger partial charge in [0.1, 0.15) is 12.2 Å². The Morgan fingerprint density at radius 1 is 1.18 bits per heavy atom. The average molecular weight is 462 g/mol. The minimum absolute atomic E-state index is 0.00714. The highest BCUT2D eigenvalue weighted by Crippen LogP contribution is 2.43. The number of fused-ring (bicyclic) bond motifs is 2. The zero-order valence-corrected chi connectivity index (χ0v) is 18.3. The van der Waals surface area contributed by atoms with Crippen molar-refractivity contribution in [3.05, 3.63) is 34.6 Å². The van der Waals surface area contributed by atoms with Gasteiger partial charge < -0.3 is 14.5 Å². The van der Waals surface area contributed by atoms with Crippen LogP contribution in [0.4, 0.5) is 13.2 Å². The molecule has 4 aliphatic rings. The maximum absolute atomic E-state index is 13.8. The van der Waals surface area contributed by atoms with E-state index < -0.39 is 17.8 Å². The highest BCUT2D eigenvalue weighted by molar-refractivity contribution is 5.98. The van der Waals surface area contributed by atoms with E-state index in [4.69, 9.17) is 4.74 Å². The van der Waals surface area contributed by atoms with E-state index in [1.807, 2.05) is 4.90 Å². The number of hydrogen-bond donors (Lipinski definition) is 0. The predicted octanol–water partition coefficient (Wildman–Crippen LogP) is 3.01. The van der Waals surface area contributed by atoms with Gasteiger partial charge in [-0.1, -0.05) is 6.92 Å². The van der Waals surface area contributed by atoms with Gasteiger partial charge in [-0.3, -0.25) is 9.59 Å². The first-order valence-corrected chi connectivity index (χ1v) is 11.6. The molecule has 2 saturated carbocycles. The number of piperazine rings is 1. The van der Waals surface area contributed by atoms with E-state index in [9.17, 15) is 22.8 Å². The van der Waals surface area contributed by atoms with Gasteiger partial charge in [0.15, 0.2) is 5.69 Å². The van der Waals surface area contributed by atoms with Crippen molar-refractivity contribution in [2.24, 2.45) is 0 Å². The average Bonchev–Trinajstić information content (AvgIpc) is 3.69. The van der Waals surface area contributed by atoms with Crippen LogP contribution in [0.1, 0.15) is 65.8 Å². The van der Waals surface area contributed by atoms with Crippen LogP contribution in [0.25, 0.3) is 5.52 Å². The first-order chi connectivity index (χ1) is 15.7. The Labute approximate surface area is 188 Å². The summed E-state index contributed by atoms with van der Waals surface area (Å²) in [6.07, 6.45) is -0.290. The Balaban J connectivity index is 1.30. The normalized spacial score (nSPS) is 27.4. The number of aryl methyl sites for hydroxylation is 1. The number of carbonyl (C=O) groups excluding carboxylic acids is 2. The molecule has 33 heavy (non-hydrogen) atoms. The summed E-state index contributed by atoms with van der Waals surface area (Å²) in [5.41, 5.74) is 0.612. The van der Waals surface area contributed by atoms with Gasteiger partial charge in [0.25, 0.3) is 5.91 Å². The van der Waals surface area contributed by atoms with Crippen molar-refractivity contribution in [1.82, 2.24) is 19.4 Å². The van der Waals surface area contributed by atoms with Crippen LogP contribution < -0.4 is 0 Å². The van der Waals surface area contributed by atoms with Crippen molar-refractivity contribution in [2.75, 3.05) is 19.6 Å². The van der Waals surface area contributed by atoms with Gasteiger partial charge in [0, 0.05) is 24.7 Å². The third-order valence-corrected chi connectivity index (χ3v) is 7.44. The van der Waals surface area contributed by atoms with Gasteiger partial charge in [-0.25, -0.2) is 4.52 Å². The number of pyridine rings is 1. The number of ether oxygens (including phenoxy) is 1. The summed E-state index contributed by atoms with van der Waals surface area (Å²) >= 11 is 0. The number of hydrogen-bond acceptors (Lipinski definition) is 4. The van der Waals surface area contributed by atoms with Crippen LogP contribution in [0.3, 0.4) is 0 Å². The topological polar surface area (TPSA) is 70.5 Å². The predicted molar refractivity (Wildman–Crippen MR) is 111 cm³/mol. The Bertz CT molecular complexity index is 1150. The number of nitrogens with zero attached hydrogens (tertiary/aromatic N) is 4. The van der Waals surface area contributed by atoms with Crippen LogP contribution in [0.5, 0.6) is 0 Å². The lowest BCUT2D eigenvalue weighted by Gasteiger charge is -2.38. The van der Waals surface area contributed by atoms with Crippen LogP contribution in [-0.4, -0.2) is 69.1 Å². The Hall–Kier alpha value is -2.62. The number of alkyl halides is 3. The molecule has 2 aromatic heterocycles. The largest absolute Gasteiger partial charge is 0.433 e. The second kappa shape index (κ2) is 7.19. The standard InChI is InChI=1S/C23H25F3N4O3/c1-2-15-16-7-13(12-3-4-12)8-19(23(24,25)26)30(16)27-21(15)22(32)28-5-6-29(20(31)11-28)14-9-17-18(10-14)33-17/h7-8,12,14,17-18H,2-6,9-11H2,1H3.